The van der Waals surface area contributed by atoms with Crippen LogP contribution >= 0.6 is 0 Å². The molecule has 2 saturated heterocycles. The Bertz CT molecular complexity index is 207. The summed E-state index contributed by atoms with van der Waals surface area (Å²) in [5.74, 6) is 0.708. The lowest BCUT2D eigenvalue weighted by atomic mass is 9.89. The van der Waals surface area contributed by atoms with E-state index < -0.39 is 0 Å². The van der Waals surface area contributed by atoms with Gasteiger partial charge in [0.1, 0.15) is 0 Å². The third kappa shape index (κ3) is 2.74. The van der Waals surface area contributed by atoms with Crippen LogP contribution < -0.4 is 5.73 Å². The maximum absolute atomic E-state index is 5.97. The van der Waals surface area contributed by atoms with Crippen molar-refractivity contribution < 1.29 is 9.47 Å². The van der Waals surface area contributed by atoms with Crippen LogP contribution in [0.1, 0.15) is 19.8 Å². The number of nitrogens with two attached hydrogens (primary N) is 1. The highest BCUT2D eigenvalue weighted by Gasteiger charge is 2.32. The van der Waals surface area contributed by atoms with Gasteiger partial charge in [0.05, 0.1) is 13.2 Å². The standard InChI is InChI=1S/C12H24N2O2/c1-10-9-16-7-4-14(10)12(8-13)11-2-5-15-6-3-11/h10-12H,2-9,13H2,1H3. The molecule has 2 atom stereocenters. The molecule has 0 aliphatic carbocycles. The zero-order valence-electron chi connectivity index (χ0n) is 10.2. The van der Waals surface area contributed by atoms with Crippen LogP contribution in [0.5, 0.6) is 0 Å². The van der Waals surface area contributed by atoms with E-state index in [0.29, 0.717) is 18.0 Å². The van der Waals surface area contributed by atoms with Crippen molar-refractivity contribution in [2.45, 2.75) is 31.8 Å². The first-order valence-corrected chi connectivity index (χ1v) is 6.44. The Morgan fingerprint density at radius 2 is 2.00 bits per heavy atom. The molecule has 0 spiro atoms. The summed E-state index contributed by atoms with van der Waals surface area (Å²) in [7, 11) is 0. The summed E-state index contributed by atoms with van der Waals surface area (Å²) in [5, 5.41) is 0. The van der Waals surface area contributed by atoms with Gasteiger partial charge in [0.15, 0.2) is 0 Å². The molecule has 0 aromatic carbocycles. The molecule has 0 aromatic rings. The van der Waals surface area contributed by atoms with Crippen molar-refractivity contribution in [1.29, 1.82) is 0 Å². The van der Waals surface area contributed by atoms with E-state index in [4.69, 9.17) is 15.2 Å². The van der Waals surface area contributed by atoms with Gasteiger partial charge in [-0.05, 0) is 25.7 Å². The van der Waals surface area contributed by atoms with Crippen molar-refractivity contribution in [3.8, 4) is 0 Å². The summed E-state index contributed by atoms with van der Waals surface area (Å²) >= 11 is 0. The molecule has 2 heterocycles. The van der Waals surface area contributed by atoms with E-state index in [-0.39, 0.29) is 0 Å². The predicted molar refractivity (Wildman–Crippen MR) is 63.4 cm³/mol. The lowest BCUT2D eigenvalue weighted by Crippen LogP contribution is -2.55. The zero-order chi connectivity index (χ0) is 11.4. The lowest BCUT2D eigenvalue weighted by molar-refractivity contribution is -0.0481. The van der Waals surface area contributed by atoms with Crippen molar-refractivity contribution in [2.24, 2.45) is 11.7 Å². The minimum atomic E-state index is 0.505. The van der Waals surface area contributed by atoms with Gasteiger partial charge in [-0.25, -0.2) is 0 Å². The topological polar surface area (TPSA) is 47.7 Å². The van der Waals surface area contributed by atoms with Crippen LogP contribution in [0.4, 0.5) is 0 Å². The van der Waals surface area contributed by atoms with Gasteiger partial charge in [-0.3, -0.25) is 4.90 Å². The van der Waals surface area contributed by atoms with E-state index in [1.807, 2.05) is 0 Å². The van der Waals surface area contributed by atoms with Gasteiger partial charge < -0.3 is 15.2 Å². The first-order chi connectivity index (χ1) is 7.83. The van der Waals surface area contributed by atoms with Crippen LogP contribution in [0, 0.1) is 5.92 Å². The molecule has 16 heavy (non-hydrogen) atoms. The summed E-state index contributed by atoms with van der Waals surface area (Å²) in [6, 6.07) is 1.02. The molecular formula is C12H24N2O2. The highest BCUT2D eigenvalue weighted by molar-refractivity contribution is 4.86. The number of nitrogens with zero attached hydrogens (tertiary/aromatic N) is 1. The highest BCUT2D eigenvalue weighted by Crippen LogP contribution is 2.24. The second-order valence-corrected chi connectivity index (χ2v) is 4.91. The molecule has 4 nitrogen and oxygen atoms in total. The van der Waals surface area contributed by atoms with Crippen molar-refractivity contribution in [2.75, 3.05) is 39.5 Å². The van der Waals surface area contributed by atoms with Crippen LogP contribution in [0.25, 0.3) is 0 Å². The molecule has 2 aliphatic heterocycles. The maximum Gasteiger partial charge on any atom is 0.0619 e. The zero-order valence-corrected chi connectivity index (χ0v) is 10.2. The molecule has 0 bridgehead atoms. The second kappa shape index (κ2) is 5.96. The van der Waals surface area contributed by atoms with Gasteiger partial charge in [-0.15, -0.1) is 0 Å². The monoisotopic (exact) mass is 228 g/mol. The van der Waals surface area contributed by atoms with Gasteiger partial charge in [0.25, 0.3) is 0 Å². The number of ether oxygens (including phenoxy) is 2. The van der Waals surface area contributed by atoms with Crippen molar-refractivity contribution in [1.82, 2.24) is 4.90 Å². The van der Waals surface area contributed by atoms with Gasteiger partial charge in [-0.1, -0.05) is 0 Å². The fourth-order valence-corrected chi connectivity index (χ4v) is 2.93. The van der Waals surface area contributed by atoms with E-state index in [2.05, 4.69) is 11.8 Å². The predicted octanol–water partition coefficient (Wildman–Crippen LogP) is 0.461. The van der Waals surface area contributed by atoms with Crippen LogP contribution in [0.2, 0.25) is 0 Å². The number of hydrogen-bond acceptors (Lipinski definition) is 4. The molecule has 2 rings (SSSR count). The molecule has 0 amide bonds. The summed E-state index contributed by atoms with van der Waals surface area (Å²) < 4.78 is 10.9. The lowest BCUT2D eigenvalue weighted by Gasteiger charge is -2.43. The molecule has 2 fully saturated rings. The third-order valence-electron chi connectivity index (χ3n) is 3.90. The Morgan fingerprint density at radius 3 is 2.62 bits per heavy atom. The Kier molecular flexibility index (Phi) is 4.58. The van der Waals surface area contributed by atoms with Gasteiger partial charge in [0.2, 0.25) is 0 Å². The largest absolute Gasteiger partial charge is 0.381 e. The van der Waals surface area contributed by atoms with E-state index in [1.54, 1.807) is 0 Å². The smallest absolute Gasteiger partial charge is 0.0619 e. The second-order valence-electron chi connectivity index (χ2n) is 4.91. The van der Waals surface area contributed by atoms with Gasteiger partial charge in [-0.2, -0.15) is 0 Å². The Labute approximate surface area is 98.1 Å². The first-order valence-electron chi connectivity index (χ1n) is 6.44. The Balaban J connectivity index is 1.96. The molecule has 2 aliphatic rings. The van der Waals surface area contributed by atoms with Crippen LogP contribution in [0.3, 0.4) is 0 Å². The van der Waals surface area contributed by atoms with Crippen molar-refractivity contribution >= 4 is 0 Å². The average molecular weight is 228 g/mol. The molecule has 2 N–H and O–H groups in total. The van der Waals surface area contributed by atoms with Crippen molar-refractivity contribution in [3.63, 3.8) is 0 Å². The SMILES string of the molecule is CC1COCCN1C(CN)C1CCOCC1. The number of morpholine rings is 1. The van der Waals surface area contributed by atoms with Gasteiger partial charge >= 0.3 is 0 Å². The molecule has 0 radical (unpaired) electrons. The summed E-state index contributed by atoms with van der Waals surface area (Å²) in [6.45, 7) is 7.53. The van der Waals surface area contributed by atoms with Gasteiger partial charge in [0, 0.05) is 38.4 Å². The minimum Gasteiger partial charge on any atom is -0.381 e. The van der Waals surface area contributed by atoms with Crippen molar-refractivity contribution in [3.05, 3.63) is 0 Å². The summed E-state index contributed by atoms with van der Waals surface area (Å²) in [6.07, 6.45) is 2.32. The fraction of sp³-hybridized carbons (Fsp3) is 1.00. The van der Waals surface area contributed by atoms with Crippen LogP contribution in [0.15, 0.2) is 0 Å². The molecule has 0 saturated carbocycles. The number of hydrogen-bond donors (Lipinski definition) is 1. The minimum absolute atomic E-state index is 0.505. The van der Waals surface area contributed by atoms with E-state index in [1.165, 1.54) is 0 Å². The summed E-state index contributed by atoms with van der Waals surface area (Å²) in [5.41, 5.74) is 5.97. The molecular weight excluding hydrogens is 204 g/mol. The average Bonchev–Trinajstić information content (AvgIpc) is 2.34. The molecule has 94 valence electrons. The summed E-state index contributed by atoms with van der Waals surface area (Å²) in [4.78, 5) is 2.54. The van der Waals surface area contributed by atoms with E-state index in [0.717, 1.165) is 52.4 Å². The van der Waals surface area contributed by atoms with Crippen LogP contribution in [-0.2, 0) is 9.47 Å². The maximum atomic E-state index is 5.97. The Morgan fingerprint density at radius 1 is 1.25 bits per heavy atom. The molecule has 2 unspecified atom stereocenters. The third-order valence-corrected chi connectivity index (χ3v) is 3.90. The van der Waals surface area contributed by atoms with E-state index >= 15 is 0 Å². The van der Waals surface area contributed by atoms with E-state index in [9.17, 15) is 0 Å². The molecule has 4 heteroatoms. The normalized spacial score (nSPS) is 31.5. The highest BCUT2D eigenvalue weighted by atomic mass is 16.5. The first kappa shape index (κ1) is 12.3. The van der Waals surface area contributed by atoms with Crippen LogP contribution in [-0.4, -0.2) is 56.5 Å². The number of rotatable bonds is 3. The quantitative estimate of drug-likeness (QED) is 0.762. The Hall–Kier alpha value is -0.160. The molecule has 0 aromatic heterocycles. The fourth-order valence-electron chi connectivity index (χ4n) is 2.93.